The second kappa shape index (κ2) is 4.25. The molecule has 2 aromatic rings. The smallest absolute Gasteiger partial charge is 0.222 e. The summed E-state index contributed by atoms with van der Waals surface area (Å²) in [5.74, 6) is 0.973. The second-order valence-corrected chi connectivity index (χ2v) is 3.50. The van der Waals surface area contributed by atoms with Crippen molar-refractivity contribution in [1.29, 1.82) is 0 Å². The van der Waals surface area contributed by atoms with Gasteiger partial charge in [-0.15, -0.1) is 0 Å². The molecule has 0 amide bonds. The number of nitrogens with zero attached hydrogens (tertiary/aromatic N) is 3. The molecule has 0 unspecified atom stereocenters. The Balaban J connectivity index is 2.68. The van der Waals surface area contributed by atoms with Crippen LogP contribution in [0, 0.1) is 6.92 Å². The van der Waals surface area contributed by atoms with Gasteiger partial charge < -0.3 is 16.2 Å². The van der Waals surface area contributed by atoms with E-state index in [9.17, 15) is 0 Å². The molecular formula is C11H13N5O. The van der Waals surface area contributed by atoms with Gasteiger partial charge in [0.1, 0.15) is 5.82 Å². The summed E-state index contributed by atoms with van der Waals surface area (Å²) in [6.45, 7) is 1.83. The highest BCUT2D eigenvalue weighted by Crippen LogP contribution is 2.30. The van der Waals surface area contributed by atoms with Gasteiger partial charge in [-0.3, -0.25) is 0 Å². The third-order valence-corrected chi connectivity index (χ3v) is 2.42. The van der Waals surface area contributed by atoms with Crippen molar-refractivity contribution < 1.29 is 4.74 Å². The van der Waals surface area contributed by atoms with E-state index in [0.717, 1.165) is 11.1 Å². The Hall–Kier alpha value is -2.37. The van der Waals surface area contributed by atoms with E-state index in [-0.39, 0.29) is 5.95 Å². The predicted molar refractivity (Wildman–Crippen MR) is 65.4 cm³/mol. The van der Waals surface area contributed by atoms with Crippen LogP contribution in [-0.4, -0.2) is 22.1 Å². The van der Waals surface area contributed by atoms with Crippen molar-refractivity contribution in [1.82, 2.24) is 15.0 Å². The fourth-order valence-corrected chi connectivity index (χ4v) is 1.55. The number of hydrogen-bond acceptors (Lipinski definition) is 6. The third-order valence-electron chi connectivity index (χ3n) is 2.42. The molecule has 2 rings (SSSR count). The number of nitrogens with two attached hydrogens (primary N) is 2. The van der Waals surface area contributed by atoms with Crippen LogP contribution in [0.4, 0.5) is 11.8 Å². The molecule has 0 bridgehead atoms. The van der Waals surface area contributed by atoms with Gasteiger partial charge >= 0.3 is 0 Å². The first kappa shape index (κ1) is 11.1. The summed E-state index contributed by atoms with van der Waals surface area (Å²) in [5, 5.41) is 0. The summed E-state index contributed by atoms with van der Waals surface area (Å²) in [7, 11) is 1.55. The fourth-order valence-electron chi connectivity index (χ4n) is 1.55. The summed E-state index contributed by atoms with van der Waals surface area (Å²) >= 11 is 0. The minimum absolute atomic E-state index is 0.133. The molecule has 0 aliphatic carbocycles. The van der Waals surface area contributed by atoms with E-state index in [1.54, 1.807) is 19.4 Å². The van der Waals surface area contributed by atoms with Crippen molar-refractivity contribution in [2.24, 2.45) is 0 Å². The maximum atomic E-state index is 5.76. The number of hydrogen-bond donors (Lipinski definition) is 2. The van der Waals surface area contributed by atoms with E-state index in [1.165, 1.54) is 0 Å². The van der Waals surface area contributed by atoms with Gasteiger partial charge in [-0.1, -0.05) is 0 Å². The highest BCUT2D eigenvalue weighted by Gasteiger charge is 2.14. The van der Waals surface area contributed by atoms with Crippen molar-refractivity contribution >= 4 is 11.8 Å². The molecule has 2 aromatic heterocycles. The van der Waals surface area contributed by atoms with Crippen LogP contribution < -0.4 is 16.2 Å². The van der Waals surface area contributed by atoms with Crippen molar-refractivity contribution in [2.75, 3.05) is 18.6 Å². The molecule has 0 saturated heterocycles. The molecule has 0 aromatic carbocycles. The summed E-state index contributed by atoms with van der Waals surface area (Å²) in [5.41, 5.74) is 13.5. The van der Waals surface area contributed by atoms with Crippen LogP contribution >= 0.6 is 0 Å². The average Bonchev–Trinajstić information content (AvgIpc) is 2.33. The quantitative estimate of drug-likeness (QED) is 0.800. The van der Waals surface area contributed by atoms with Gasteiger partial charge in [0.05, 0.1) is 18.4 Å². The third kappa shape index (κ3) is 1.96. The van der Waals surface area contributed by atoms with Gasteiger partial charge in [0.25, 0.3) is 0 Å². The lowest BCUT2D eigenvalue weighted by atomic mass is 10.1. The lowest BCUT2D eigenvalue weighted by Gasteiger charge is -2.10. The van der Waals surface area contributed by atoms with Crippen molar-refractivity contribution in [3.63, 3.8) is 0 Å². The highest BCUT2D eigenvalue weighted by atomic mass is 16.5. The number of methoxy groups -OCH3 is 1. The number of ether oxygens (including phenoxy) is 1. The predicted octanol–water partition coefficient (Wildman–Crippen LogP) is 1.02. The molecule has 88 valence electrons. The normalized spacial score (nSPS) is 10.2. The van der Waals surface area contributed by atoms with Crippen LogP contribution in [0.5, 0.6) is 5.88 Å². The molecule has 2 heterocycles. The average molecular weight is 231 g/mol. The minimum atomic E-state index is 0.133. The molecule has 0 spiro atoms. The molecule has 6 heteroatoms. The Kier molecular flexibility index (Phi) is 2.78. The molecule has 0 fully saturated rings. The summed E-state index contributed by atoms with van der Waals surface area (Å²) < 4.78 is 5.18. The van der Waals surface area contributed by atoms with Gasteiger partial charge in [0.15, 0.2) is 0 Å². The molecule has 4 N–H and O–H groups in total. The molecule has 0 aliphatic heterocycles. The topological polar surface area (TPSA) is 99.9 Å². The first-order valence-electron chi connectivity index (χ1n) is 5.02. The standard InChI is InChI=1S/C11H13N5O/c1-6-8(15-11(13)16-9(6)12)7-4-3-5-14-10(7)17-2/h3-5H,1-2H3,(H4,12,13,15,16). The largest absolute Gasteiger partial charge is 0.481 e. The fraction of sp³-hybridized carbons (Fsp3) is 0.182. The van der Waals surface area contributed by atoms with Crippen LogP contribution in [0.2, 0.25) is 0 Å². The van der Waals surface area contributed by atoms with Gasteiger partial charge in [0.2, 0.25) is 11.8 Å². The van der Waals surface area contributed by atoms with E-state index >= 15 is 0 Å². The lowest BCUT2D eigenvalue weighted by molar-refractivity contribution is 0.399. The molecular weight excluding hydrogens is 218 g/mol. The maximum Gasteiger partial charge on any atom is 0.222 e. The zero-order valence-corrected chi connectivity index (χ0v) is 9.64. The number of pyridine rings is 1. The van der Waals surface area contributed by atoms with Crippen LogP contribution in [0.25, 0.3) is 11.3 Å². The van der Waals surface area contributed by atoms with Crippen LogP contribution in [0.3, 0.4) is 0 Å². The van der Waals surface area contributed by atoms with E-state index in [4.69, 9.17) is 16.2 Å². The highest BCUT2D eigenvalue weighted by molar-refractivity contribution is 5.72. The van der Waals surface area contributed by atoms with E-state index < -0.39 is 0 Å². The Labute approximate surface area is 98.7 Å². The lowest BCUT2D eigenvalue weighted by Crippen LogP contribution is -2.05. The van der Waals surface area contributed by atoms with Crippen LogP contribution in [-0.2, 0) is 0 Å². The monoisotopic (exact) mass is 231 g/mol. The number of rotatable bonds is 2. The number of aromatic nitrogens is 3. The molecule has 17 heavy (non-hydrogen) atoms. The first-order valence-corrected chi connectivity index (χ1v) is 5.02. The Morgan fingerprint density at radius 2 is 2.00 bits per heavy atom. The maximum absolute atomic E-state index is 5.76. The zero-order chi connectivity index (χ0) is 12.4. The van der Waals surface area contributed by atoms with Crippen LogP contribution in [0.1, 0.15) is 5.56 Å². The van der Waals surface area contributed by atoms with Gasteiger partial charge in [-0.25, -0.2) is 9.97 Å². The number of nitrogen functional groups attached to an aromatic ring is 2. The Bertz CT molecular complexity index is 556. The summed E-state index contributed by atoms with van der Waals surface area (Å²) in [6.07, 6.45) is 1.64. The van der Waals surface area contributed by atoms with Crippen molar-refractivity contribution in [3.05, 3.63) is 23.9 Å². The number of anilines is 2. The van der Waals surface area contributed by atoms with Gasteiger partial charge in [-0.2, -0.15) is 4.98 Å². The van der Waals surface area contributed by atoms with Gasteiger partial charge in [0, 0.05) is 11.8 Å². The van der Waals surface area contributed by atoms with Crippen LogP contribution in [0.15, 0.2) is 18.3 Å². The Morgan fingerprint density at radius 3 is 2.71 bits per heavy atom. The minimum Gasteiger partial charge on any atom is -0.481 e. The molecule has 0 aliphatic rings. The zero-order valence-electron chi connectivity index (χ0n) is 9.64. The van der Waals surface area contributed by atoms with Crippen molar-refractivity contribution in [2.45, 2.75) is 6.92 Å². The second-order valence-electron chi connectivity index (χ2n) is 3.50. The molecule has 0 atom stereocenters. The molecule has 0 saturated carbocycles. The van der Waals surface area contributed by atoms with Crippen molar-refractivity contribution in [3.8, 4) is 17.1 Å². The van der Waals surface area contributed by atoms with E-state index in [1.807, 2.05) is 13.0 Å². The molecule has 6 nitrogen and oxygen atoms in total. The summed E-state index contributed by atoms with van der Waals surface area (Å²) in [4.78, 5) is 12.2. The first-order chi connectivity index (χ1) is 8.13. The van der Waals surface area contributed by atoms with E-state index in [0.29, 0.717) is 17.4 Å². The van der Waals surface area contributed by atoms with Gasteiger partial charge in [-0.05, 0) is 19.1 Å². The van der Waals surface area contributed by atoms with E-state index in [2.05, 4.69) is 15.0 Å². The SMILES string of the molecule is COc1ncccc1-c1nc(N)nc(N)c1C. The Morgan fingerprint density at radius 1 is 1.24 bits per heavy atom. The molecule has 0 radical (unpaired) electrons. The summed E-state index contributed by atoms with van der Waals surface area (Å²) in [6, 6.07) is 3.64.